The maximum atomic E-state index is 10.0. The number of aliphatic hydroxyl groups is 1. The molecule has 0 aromatic carbocycles. The van der Waals surface area contributed by atoms with Crippen LogP contribution in [0.4, 0.5) is 0 Å². The van der Waals surface area contributed by atoms with E-state index in [1.165, 1.54) is 38.5 Å². The highest BCUT2D eigenvalue weighted by atomic mass is 16.3. The third kappa shape index (κ3) is 3.18. The van der Waals surface area contributed by atoms with E-state index in [1.807, 2.05) is 0 Å². The van der Waals surface area contributed by atoms with Crippen molar-refractivity contribution in [1.29, 1.82) is 0 Å². The molecule has 0 bridgehead atoms. The quantitative estimate of drug-likeness (QED) is 0.703. The van der Waals surface area contributed by atoms with Gasteiger partial charge in [-0.15, -0.1) is 0 Å². The fraction of sp³-hybridized carbons (Fsp3) is 1.00. The first-order valence-corrected chi connectivity index (χ1v) is 6.64. The summed E-state index contributed by atoms with van der Waals surface area (Å²) in [6.07, 6.45) is 9.93. The highest BCUT2D eigenvalue weighted by Gasteiger charge is 2.34. The fourth-order valence-corrected chi connectivity index (χ4v) is 2.79. The molecule has 2 fully saturated rings. The summed E-state index contributed by atoms with van der Waals surface area (Å²) in [5, 5.41) is 13.6. The third-order valence-corrected chi connectivity index (χ3v) is 4.26. The van der Waals surface area contributed by atoms with Gasteiger partial charge in [-0.2, -0.15) is 0 Å². The van der Waals surface area contributed by atoms with Crippen LogP contribution in [-0.2, 0) is 0 Å². The van der Waals surface area contributed by atoms with Crippen LogP contribution in [0.3, 0.4) is 0 Å². The molecule has 0 aromatic heterocycles. The Labute approximate surface area is 93.5 Å². The zero-order valence-corrected chi connectivity index (χ0v) is 9.97. The molecule has 2 N–H and O–H groups in total. The van der Waals surface area contributed by atoms with Crippen LogP contribution in [-0.4, -0.2) is 23.3 Å². The molecule has 0 radical (unpaired) electrons. The van der Waals surface area contributed by atoms with Crippen LogP contribution in [0.25, 0.3) is 0 Å². The molecule has 2 nitrogen and oxygen atoms in total. The van der Waals surface area contributed by atoms with Gasteiger partial charge in [0.15, 0.2) is 0 Å². The average Bonchev–Trinajstić information content (AvgIpc) is 2.37. The predicted octanol–water partition coefficient (Wildman–Crippen LogP) is 2.46. The molecule has 2 saturated carbocycles. The molecule has 2 atom stereocenters. The highest BCUT2D eigenvalue weighted by molar-refractivity contribution is 4.90. The van der Waals surface area contributed by atoms with E-state index in [2.05, 4.69) is 12.2 Å². The van der Waals surface area contributed by atoms with Crippen LogP contribution < -0.4 is 5.32 Å². The minimum Gasteiger partial charge on any atom is -0.389 e. The normalized spacial score (nSPS) is 35.6. The lowest BCUT2D eigenvalue weighted by Crippen LogP contribution is -2.48. The highest BCUT2D eigenvalue weighted by Crippen LogP contribution is 2.31. The molecule has 2 aliphatic rings. The Morgan fingerprint density at radius 2 is 1.93 bits per heavy atom. The molecule has 2 aliphatic carbocycles. The summed E-state index contributed by atoms with van der Waals surface area (Å²) in [4.78, 5) is 0. The van der Waals surface area contributed by atoms with E-state index in [0.29, 0.717) is 6.04 Å². The number of hydrogen-bond acceptors (Lipinski definition) is 2. The summed E-state index contributed by atoms with van der Waals surface area (Å²) in [5.41, 5.74) is -0.349. The van der Waals surface area contributed by atoms with E-state index in [4.69, 9.17) is 0 Å². The van der Waals surface area contributed by atoms with Crippen molar-refractivity contribution < 1.29 is 5.11 Å². The first-order valence-electron chi connectivity index (χ1n) is 6.64. The van der Waals surface area contributed by atoms with Crippen molar-refractivity contribution in [3.8, 4) is 0 Å². The molecule has 2 heteroatoms. The molecule has 0 aromatic rings. The summed E-state index contributed by atoms with van der Waals surface area (Å²) >= 11 is 0. The van der Waals surface area contributed by atoms with E-state index in [-0.39, 0.29) is 5.60 Å². The third-order valence-electron chi connectivity index (χ3n) is 4.26. The van der Waals surface area contributed by atoms with Gasteiger partial charge in [-0.1, -0.05) is 19.8 Å². The summed E-state index contributed by atoms with van der Waals surface area (Å²) in [6, 6.07) is 0.666. The first kappa shape index (κ1) is 11.4. The lowest BCUT2D eigenvalue weighted by molar-refractivity contribution is -0.0335. The average molecular weight is 211 g/mol. The van der Waals surface area contributed by atoms with Crippen molar-refractivity contribution in [1.82, 2.24) is 5.32 Å². The number of nitrogens with one attached hydrogen (secondary N) is 1. The van der Waals surface area contributed by atoms with Crippen molar-refractivity contribution in [2.45, 2.75) is 69.9 Å². The van der Waals surface area contributed by atoms with Crippen molar-refractivity contribution in [3.05, 3.63) is 0 Å². The molecular weight excluding hydrogens is 186 g/mol. The first-order chi connectivity index (χ1) is 7.18. The summed E-state index contributed by atoms with van der Waals surface area (Å²) in [7, 11) is 0. The second-order valence-corrected chi connectivity index (χ2v) is 5.77. The van der Waals surface area contributed by atoms with Gasteiger partial charge in [0.2, 0.25) is 0 Å². The maximum absolute atomic E-state index is 10.0. The monoisotopic (exact) mass is 211 g/mol. The van der Waals surface area contributed by atoms with Gasteiger partial charge in [-0.05, 0) is 44.4 Å². The zero-order chi connectivity index (χ0) is 10.7. The van der Waals surface area contributed by atoms with Crippen molar-refractivity contribution in [3.63, 3.8) is 0 Å². The number of rotatable bonds is 3. The molecular formula is C13H25NO. The lowest BCUT2D eigenvalue weighted by atomic mass is 9.80. The van der Waals surface area contributed by atoms with Gasteiger partial charge in [0.05, 0.1) is 5.60 Å². The summed E-state index contributed by atoms with van der Waals surface area (Å²) < 4.78 is 0. The number of hydrogen-bond donors (Lipinski definition) is 2. The minimum atomic E-state index is -0.349. The molecule has 15 heavy (non-hydrogen) atoms. The van der Waals surface area contributed by atoms with Gasteiger partial charge in [-0.25, -0.2) is 0 Å². The molecule has 2 rings (SSSR count). The van der Waals surface area contributed by atoms with Gasteiger partial charge in [0, 0.05) is 12.6 Å². The summed E-state index contributed by atoms with van der Waals surface area (Å²) in [5.74, 6) is 0.906. The Morgan fingerprint density at radius 3 is 2.60 bits per heavy atom. The van der Waals surface area contributed by atoms with Gasteiger partial charge in [0.1, 0.15) is 0 Å². The van der Waals surface area contributed by atoms with Crippen molar-refractivity contribution in [2.24, 2.45) is 5.92 Å². The maximum Gasteiger partial charge on any atom is 0.0771 e. The van der Waals surface area contributed by atoms with Crippen LogP contribution in [0.5, 0.6) is 0 Å². The summed E-state index contributed by atoms with van der Waals surface area (Å²) in [6.45, 7) is 3.19. The van der Waals surface area contributed by atoms with Crippen LogP contribution in [0.2, 0.25) is 0 Å². The van der Waals surface area contributed by atoms with E-state index >= 15 is 0 Å². The molecule has 0 aliphatic heterocycles. The van der Waals surface area contributed by atoms with Crippen LogP contribution in [0.1, 0.15) is 58.3 Å². The van der Waals surface area contributed by atoms with E-state index in [1.54, 1.807) is 0 Å². The van der Waals surface area contributed by atoms with Crippen LogP contribution in [0, 0.1) is 5.92 Å². The van der Waals surface area contributed by atoms with Gasteiger partial charge in [0.25, 0.3) is 0 Å². The Balaban J connectivity index is 1.69. The lowest BCUT2D eigenvalue weighted by Gasteiger charge is -2.38. The van der Waals surface area contributed by atoms with Crippen LogP contribution in [0.15, 0.2) is 0 Å². The van der Waals surface area contributed by atoms with Gasteiger partial charge >= 0.3 is 0 Å². The second kappa shape index (κ2) is 4.84. The van der Waals surface area contributed by atoms with Crippen molar-refractivity contribution >= 4 is 0 Å². The van der Waals surface area contributed by atoms with Gasteiger partial charge < -0.3 is 10.4 Å². The Kier molecular flexibility index (Phi) is 3.68. The fourth-order valence-electron chi connectivity index (χ4n) is 2.79. The Morgan fingerprint density at radius 1 is 1.13 bits per heavy atom. The SMILES string of the molecule is CC1CCCC(NCC2(O)CCC2)CC1. The Hall–Kier alpha value is -0.0800. The molecule has 0 saturated heterocycles. The second-order valence-electron chi connectivity index (χ2n) is 5.77. The van der Waals surface area contributed by atoms with Crippen LogP contribution >= 0.6 is 0 Å². The molecule has 0 spiro atoms. The zero-order valence-electron chi connectivity index (χ0n) is 9.97. The largest absolute Gasteiger partial charge is 0.389 e. The minimum absolute atomic E-state index is 0.349. The van der Waals surface area contributed by atoms with E-state index < -0.39 is 0 Å². The molecule has 0 amide bonds. The predicted molar refractivity (Wildman–Crippen MR) is 62.8 cm³/mol. The standard InChI is InChI=1S/C13H25NO/c1-11-4-2-5-12(7-6-11)14-10-13(15)8-3-9-13/h11-12,14-15H,2-10H2,1H3. The van der Waals surface area contributed by atoms with E-state index in [0.717, 1.165) is 25.3 Å². The van der Waals surface area contributed by atoms with Crippen molar-refractivity contribution in [2.75, 3.05) is 6.54 Å². The molecule has 0 heterocycles. The smallest absolute Gasteiger partial charge is 0.0771 e. The topological polar surface area (TPSA) is 32.3 Å². The van der Waals surface area contributed by atoms with E-state index in [9.17, 15) is 5.11 Å². The molecule has 2 unspecified atom stereocenters. The van der Waals surface area contributed by atoms with Gasteiger partial charge in [-0.3, -0.25) is 0 Å². The Bertz CT molecular complexity index is 201. The molecule has 88 valence electrons.